The lowest BCUT2D eigenvalue weighted by atomic mass is 10.1. The number of anilines is 1. The van der Waals surface area contributed by atoms with Gasteiger partial charge in [-0.3, -0.25) is 0 Å². The minimum atomic E-state index is -0.175. The fourth-order valence-corrected chi connectivity index (χ4v) is 2.55. The number of hydrogen-bond acceptors (Lipinski definition) is 4. The van der Waals surface area contributed by atoms with Crippen molar-refractivity contribution in [1.82, 2.24) is 14.6 Å². The summed E-state index contributed by atoms with van der Waals surface area (Å²) in [7, 11) is 0. The third kappa shape index (κ3) is 2.94. The van der Waals surface area contributed by atoms with Crippen molar-refractivity contribution in [2.75, 3.05) is 11.9 Å². The first kappa shape index (κ1) is 14.5. The molecule has 0 spiro atoms. The van der Waals surface area contributed by atoms with Crippen LogP contribution < -0.4 is 5.32 Å². The molecule has 114 valence electrons. The number of aryl methyl sites for hydroxylation is 1. The molecule has 0 radical (unpaired) electrons. The Labute approximate surface area is 129 Å². The minimum Gasteiger partial charge on any atom is -0.394 e. The van der Waals surface area contributed by atoms with Crippen molar-refractivity contribution in [3.8, 4) is 0 Å². The third-order valence-corrected chi connectivity index (χ3v) is 3.63. The van der Waals surface area contributed by atoms with Gasteiger partial charge in [-0.25, -0.2) is 4.98 Å². The average Bonchev–Trinajstić information content (AvgIpc) is 3.02. The molecule has 22 heavy (non-hydrogen) atoms. The fourth-order valence-electron chi connectivity index (χ4n) is 2.55. The van der Waals surface area contributed by atoms with Crippen LogP contribution in [-0.4, -0.2) is 26.3 Å². The summed E-state index contributed by atoms with van der Waals surface area (Å²) in [4.78, 5) is 4.59. The molecule has 0 fully saturated rings. The predicted molar refractivity (Wildman–Crippen MR) is 86.9 cm³/mol. The van der Waals surface area contributed by atoms with Crippen molar-refractivity contribution >= 4 is 11.5 Å². The molecule has 3 aromatic rings. The molecule has 3 rings (SSSR count). The van der Waals surface area contributed by atoms with Gasteiger partial charge in [0, 0.05) is 17.8 Å². The quantitative estimate of drug-likeness (QED) is 0.734. The number of fused-ring (bicyclic) bond motifs is 1. The largest absolute Gasteiger partial charge is 0.394 e. The van der Waals surface area contributed by atoms with E-state index >= 15 is 0 Å². The number of rotatable bonds is 6. The summed E-state index contributed by atoms with van der Waals surface area (Å²) in [5.41, 5.74) is 2.89. The topological polar surface area (TPSA) is 62.5 Å². The highest BCUT2D eigenvalue weighted by Gasteiger charge is 2.13. The van der Waals surface area contributed by atoms with Crippen LogP contribution in [0.3, 0.4) is 0 Å². The summed E-state index contributed by atoms with van der Waals surface area (Å²) in [6.45, 7) is 2.15. The Morgan fingerprint density at radius 3 is 2.77 bits per heavy atom. The zero-order chi connectivity index (χ0) is 15.4. The van der Waals surface area contributed by atoms with Gasteiger partial charge >= 0.3 is 0 Å². The Bertz CT molecular complexity index is 739. The zero-order valence-electron chi connectivity index (χ0n) is 12.6. The van der Waals surface area contributed by atoms with Gasteiger partial charge < -0.3 is 10.4 Å². The lowest BCUT2D eigenvalue weighted by molar-refractivity contribution is 0.276. The van der Waals surface area contributed by atoms with Gasteiger partial charge in [-0.15, -0.1) is 0 Å². The highest BCUT2D eigenvalue weighted by Crippen LogP contribution is 2.21. The minimum absolute atomic E-state index is 0.0121. The zero-order valence-corrected chi connectivity index (χ0v) is 12.6. The second-order valence-electron chi connectivity index (χ2n) is 5.27. The summed E-state index contributed by atoms with van der Waals surface area (Å²) in [5, 5.41) is 17.4. The Morgan fingerprint density at radius 2 is 2.05 bits per heavy atom. The second-order valence-corrected chi connectivity index (χ2v) is 5.27. The van der Waals surface area contributed by atoms with Crippen LogP contribution in [0.1, 0.15) is 30.6 Å². The summed E-state index contributed by atoms with van der Waals surface area (Å²) >= 11 is 0. The van der Waals surface area contributed by atoms with E-state index < -0.39 is 0 Å². The molecule has 0 aliphatic rings. The van der Waals surface area contributed by atoms with Crippen molar-refractivity contribution in [1.29, 1.82) is 0 Å². The predicted octanol–water partition coefficient (Wildman–Crippen LogP) is 2.83. The number of aliphatic hydroxyl groups excluding tert-OH is 1. The van der Waals surface area contributed by atoms with E-state index in [0.717, 1.165) is 35.6 Å². The fraction of sp³-hybridized carbons (Fsp3) is 0.294. The van der Waals surface area contributed by atoms with Gasteiger partial charge in [0.05, 0.1) is 18.8 Å². The lowest BCUT2D eigenvalue weighted by Gasteiger charge is -2.19. The smallest absolute Gasteiger partial charge is 0.157 e. The van der Waals surface area contributed by atoms with Crippen molar-refractivity contribution in [3.05, 3.63) is 59.9 Å². The summed E-state index contributed by atoms with van der Waals surface area (Å²) in [6, 6.07) is 13.6. The van der Waals surface area contributed by atoms with Gasteiger partial charge in [0.15, 0.2) is 5.65 Å². The maximum atomic E-state index is 9.73. The van der Waals surface area contributed by atoms with E-state index in [9.17, 15) is 5.11 Å². The van der Waals surface area contributed by atoms with Gasteiger partial charge in [-0.05, 0) is 12.0 Å². The molecule has 5 heteroatoms. The van der Waals surface area contributed by atoms with E-state index in [1.165, 1.54) is 0 Å². The highest BCUT2D eigenvalue weighted by molar-refractivity contribution is 5.50. The van der Waals surface area contributed by atoms with E-state index in [4.69, 9.17) is 0 Å². The Morgan fingerprint density at radius 1 is 1.23 bits per heavy atom. The van der Waals surface area contributed by atoms with Crippen molar-refractivity contribution in [2.45, 2.75) is 25.8 Å². The standard InChI is InChI=1S/C17H20N4O/c1-2-6-14-11-17(21-16(19-14)9-10-18-21)20-15(12-22)13-7-4-3-5-8-13/h3-5,7-11,15,20,22H,2,6,12H2,1H3/t15-/m0/s1. The average molecular weight is 296 g/mol. The molecule has 2 heterocycles. The van der Waals surface area contributed by atoms with Crippen LogP contribution in [-0.2, 0) is 6.42 Å². The van der Waals surface area contributed by atoms with Crippen LogP contribution in [0, 0.1) is 0 Å². The number of nitrogens with zero attached hydrogens (tertiary/aromatic N) is 3. The number of hydrogen-bond donors (Lipinski definition) is 2. The van der Waals surface area contributed by atoms with Gasteiger partial charge in [0.1, 0.15) is 5.82 Å². The first-order chi connectivity index (χ1) is 10.8. The first-order valence-electron chi connectivity index (χ1n) is 7.58. The Balaban J connectivity index is 1.96. The van der Waals surface area contributed by atoms with Crippen molar-refractivity contribution in [3.63, 3.8) is 0 Å². The molecule has 0 bridgehead atoms. The molecule has 0 saturated heterocycles. The van der Waals surface area contributed by atoms with E-state index in [2.05, 4.69) is 22.3 Å². The highest BCUT2D eigenvalue weighted by atomic mass is 16.3. The molecule has 0 aliphatic carbocycles. The van der Waals surface area contributed by atoms with Crippen LogP contribution >= 0.6 is 0 Å². The molecule has 0 amide bonds. The van der Waals surface area contributed by atoms with Gasteiger partial charge in [-0.2, -0.15) is 9.61 Å². The molecule has 2 aromatic heterocycles. The van der Waals surface area contributed by atoms with Gasteiger partial charge in [-0.1, -0.05) is 43.7 Å². The normalized spacial score (nSPS) is 12.5. The van der Waals surface area contributed by atoms with E-state index in [0.29, 0.717) is 0 Å². The molecule has 1 atom stereocenters. The number of aliphatic hydroxyl groups is 1. The Hall–Kier alpha value is -2.40. The van der Waals surface area contributed by atoms with E-state index in [-0.39, 0.29) is 12.6 Å². The number of nitrogens with one attached hydrogen (secondary N) is 1. The molecular formula is C17H20N4O. The second kappa shape index (κ2) is 6.58. The Kier molecular flexibility index (Phi) is 4.34. The summed E-state index contributed by atoms with van der Waals surface area (Å²) in [5.74, 6) is 0.848. The SMILES string of the molecule is CCCc1cc(N[C@@H](CO)c2ccccc2)n2nccc2n1. The van der Waals surface area contributed by atoms with Crippen molar-refractivity contribution < 1.29 is 5.11 Å². The van der Waals surface area contributed by atoms with E-state index in [1.54, 1.807) is 10.7 Å². The molecule has 0 unspecified atom stereocenters. The maximum absolute atomic E-state index is 9.73. The van der Waals surface area contributed by atoms with Crippen molar-refractivity contribution in [2.24, 2.45) is 0 Å². The van der Waals surface area contributed by atoms with Crippen LogP contribution in [0.4, 0.5) is 5.82 Å². The van der Waals surface area contributed by atoms with Gasteiger partial charge in [0.25, 0.3) is 0 Å². The molecular weight excluding hydrogens is 276 g/mol. The summed E-state index contributed by atoms with van der Waals surface area (Å²) < 4.78 is 1.77. The monoisotopic (exact) mass is 296 g/mol. The third-order valence-electron chi connectivity index (χ3n) is 3.63. The molecule has 1 aromatic carbocycles. The van der Waals surface area contributed by atoms with Crippen LogP contribution in [0.2, 0.25) is 0 Å². The summed E-state index contributed by atoms with van der Waals surface area (Å²) in [6.07, 6.45) is 3.70. The number of benzene rings is 1. The number of aromatic nitrogens is 3. The van der Waals surface area contributed by atoms with Crippen LogP contribution in [0.5, 0.6) is 0 Å². The first-order valence-corrected chi connectivity index (χ1v) is 7.58. The van der Waals surface area contributed by atoms with Crippen LogP contribution in [0.25, 0.3) is 5.65 Å². The van der Waals surface area contributed by atoms with E-state index in [1.807, 2.05) is 42.5 Å². The molecule has 5 nitrogen and oxygen atoms in total. The lowest BCUT2D eigenvalue weighted by Crippen LogP contribution is -2.17. The maximum Gasteiger partial charge on any atom is 0.157 e. The van der Waals surface area contributed by atoms with Gasteiger partial charge in [0.2, 0.25) is 0 Å². The van der Waals surface area contributed by atoms with Crippen LogP contribution in [0.15, 0.2) is 48.7 Å². The molecule has 0 saturated carbocycles. The molecule has 2 N–H and O–H groups in total. The molecule has 0 aliphatic heterocycles.